The number of pyridine rings is 1. The van der Waals surface area contributed by atoms with Crippen molar-refractivity contribution < 1.29 is 0 Å². The topological polar surface area (TPSA) is 70.2 Å². The third-order valence-corrected chi connectivity index (χ3v) is 4.24. The maximum absolute atomic E-state index is 4.82. The molecule has 0 radical (unpaired) electrons. The Morgan fingerprint density at radius 3 is 2.86 bits per heavy atom. The summed E-state index contributed by atoms with van der Waals surface area (Å²) in [6.45, 7) is 0. The Bertz CT molecular complexity index is 948. The molecule has 0 unspecified atom stereocenters. The molecule has 1 fully saturated rings. The number of fused-ring (bicyclic) bond motifs is 3. The smallest absolute Gasteiger partial charge is 0.0744 e. The summed E-state index contributed by atoms with van der Waals surface area (Å²) in [6, 6.07) is 6.34. The third kappa shape index (κ3) is 1.60. The Kier molecular flexibility index (Phi) is 2.05. The monoisotopic (exact) mass is 275 g/mol. The average molecular weight is 275 g/mol. The zero-order valence-corrected chi connectivity index (χ0v) is 11.3. The third-order valence-electron chi connectivity index (χ3n) is 4.24. The van der Waals surface area contributed by atoms with Gasteiger partial charge in [-0.1, -0.05) is 0 Å². The van der Waals surface area contributed by atoms with Crippen LogP contribution in [0, 0.1) is 0 Å². The van der Waals surface area contributed by atoms with E-state index in [-0.39, 0.29) is 0 Å². The van der Waals surface area contributed by atoms with Crippen molar-refractivity contribution in [2.75, 3.05) is 0 Å². The van der Waals surface area contributed by atoms with Crippen molar-refractivity contribution in [3.8, 4) is 11.3 Å². The van der Waals surface area contributed by atoms with E-state index < -0.39 is 0 Å². The maximum atomic E-state index is 4.82. The lowest BCUT2D eigenvalue weighted by atomic mass is 9.99. The van der Waals surface area contributed by atoms with Gasteiger partial charge in [0, 0.05) is 22.5 Å². The van der Waals surface area contributed by atoms with Gasteiger partial charge in [0.2, 0.25) is 0 Å². The number of hydrogen-bond acceptors (Lipinski definition) is 3. The van der Waals surface area contributed by atoms with E-state index in [0.29, 0.717) is 5.92 Å². The Labute approximate surface area is 120 Å². The van der Waals surface area contributed by atoms with Crippen molar-refractivity contribution in [1.29, 1.82) is 0 Å². The fourth-order valence-electron chi connectivity index (χ4n) is 3.04. The van der Waals surface area contributed by atoms with Gasteiger partial charge in [0.1, 0.15) is 0 Å². The van der Waals surface area contributed by atoms with Gasteiger partial charge in [0.15, 0.2) is 0 Å². The molecule has 1 aromatic carbocycles. The maximum Gasteiger partial charge on any atom is 0.0744 e. The summed E-state index contributed by atoms with van der Waals surface area (Å²) in [4.78, 5) is 4.82. The zero-order chi connectivity index (χ0) is 13.8. The summed E-state index contributed by atoms with van der Waals surface area (Å²) in [5, 5.41) is 16.5. The highest BCUT2D eigenvalue weighted by Crippen LogP contribution is 2.45. The molecule has 5 rings (SSSR count). The quantitative estimate of drug-likeness (QED) is 0.589. The molecule has 5 heteroatoms. The van der Waals surface area contributed by atoms with Crippen LogP contribution in [0.2, 0.25) is 0 Å². The molecule has 0 atom stereocenters. The molecular weight excluding hydrogens is 262 g/mol. The van der Waals surface area contributed by atoms with Crippen molar-refractivity contribution in [2.45, 2.75) is 18.8 Å². The van der Waals surface area contributed by atoms with Gasteiger partial charge in [-0.25, -0.2) is 4.98 Å². The number of H-pyrrole nitrogens is 2. The Morgan fingerprint density at radius 1 is 1.10 bits per heavy atom. The summed E-state index contributed by atoms with van der Waals surface area (Å²) in [7, 11) is 0. The van der Waals surface area contributed by atoms with Gasteiger partial charge in [-0.3, -0.25) is 10.2 Å². The molecule has 0 saturated heterocycles. The van der Waals surface area contributed by atoms with E-state index in [1.165, 1.54) is 29.2 Å². The van der Waals surface area contributed by atoms with Gasteiger partial charge >= 0.3 is 0 Å². The molecular formula is C16H13N5. The first-order chi connectivity index (χ1) is 10.4. The van der Waals surface area contributed by atoms with Gasteiger partial charge in [-0.05, 0) is 42.5 Å². The molecule has 1 saturated carbocycles. The summed E-state index contributed by atoms with van der Waals surface area (Å²) >= 11 is 0. The summed E-state index contributed by atoms with van der Waals surface area (Å²) < 4.78 is 0. The molecule has 0 aliphatic heterocycles. The molecule has 5 nitrogen and oxygen atoms in total. The number of hydrogen-bond donors (Lipinski definition) is 2. The molecule has 1 aliphatic rings. The number of rotatable bonds is 2. The van der Waals surface area contributed by atoms with Crippen LogP contribution in [-0.2, 0) is 0 Å². The summed E-state index contributed by atoms with van der Waals surface area (Å²) in [5.74, 6) is 0.654. The Morgan fingerprint density at radius 2 is 2.05 bits per heavy atom. The lowest BCUT2D eigenvalue weighted by molar-refractivity contribution is 1.09. The van der Waals surface area contributed by atoms with E-state index in [4.69, 9.17) is 4.98 Å². The molecule has 1 aliphatic carbocycles. The normalized spacial score (nSPS) is 15.0. The number of aromatic amines is 2. The average Bonchev–Trinajstić information content (AvgIpc) is 3.03. The second-order valence-corrected chi connectivity index (χ2v) is 5.65. The van der Waals surface area contributed by atoms with Gasteiger partial charge in [-0.2, -0.15) is 10.2 Å². The fourth-order valence-corrected chi connectivity index (χ4v) is 3.04. The van der Waals surface area contributed by atoms with Crippen molar-refractivity contribution in [1.82, 2.24) is 25.4 Å². The van der Waals surface area contributed by atoms with Crippen LogP contribution in [0.4, 0.5) is 0 Å². The molecule has 4 aromatic rings. The second-order valence-electron chi connectivity index (χ2n) is 5.65. The van der Waals surface area contributed by atoms with Crippen molar-refractivity contribution >= 4 is 21.8 Å². The van der Waals surface area contributed by atoms with E-state index in [0.717, 1.165) is 22.3 Å². The highest BCUT2D eigenvalue weighted by molar-refractivity contribution is 6.07. The number of nitrogens with one attached hydrogen (secondary N) is 2. The predicted molar refractivity (Wildman–Crippen MR) is 81.0 cm³/mol. The molecule has 2 N–H and O–H groups in total. The highest BCUT2D eigenvalue weighted by atomic mass is 15.1. The zero-order valence-electron chi connectivity index (χ0n) is 11.3. The molecule has 0 spiro atoms. The van der Waals surface area contributed by atoms with Crippen LogP contribution in [-0.4, -0.2) is 25.4 Å². The van der Waals surface area contributed by atoms with E-state index >= 15 is 0 Å². The van der Waals surface area contributed by atoms with Gasteiger partial charge in [-0.15, -0.1) is 0 Å². The van der Waals surface area contributed by atoms with Gasteiger partial charge in [0.25, 0.3) is 0 Å². The standard InChI is InChI=1S/C16H13N5/c1-2-9(1)11-5-15(10-6-17-18-7-10)20-14-4-3-13-12(16(11)14)8-19-21-13/h3-9H,1-2H2,(H,17,18)(H,19,21). The largest absolute Gasteiger partial charge is 0.285 e. The summed E-state index contributed by atoms with van der Waals surface area (Å²) in [6.07, 6.45) is 8.14. The Balaban J connectivity index is 1.90. The van der Waals surface area contributed by atoms with Crippen LogP contribution in [0.3, 0.4) is 0 Å². The summed E-state index contributed by atoms with van der Waals surface area (Å²) in [5.41, 5.74) is 5.52. The Hall–Kier alpha value is -2.69. The van der Waals surface area contributed by atoms with E-state index in [1.54, 1.807) is 0 Å². The lowest BCUT2D eigenvalue weighted by Crippen LogP contribution is -1.91. The van der Waals surface area contributed by atoms with Crippen LogP contribution in [0.15, 0.2) is 36.8 Å². The van der Waals surface area contributed by atoms with Crippen LogP contribution in [0.5, 0.6) is 0 Å². The number of aromatic nitrogens is 5. The van der Waals surface area contributed by atoms with Crippen LogP contribution in [0.25, 0.3) is 33.1 Å². The van der Waals surface area contributed by atoms with Crippen LogP contribution in [0.1, 0.15) is 24.3 Å². The minimum Gasteiger partial charge on any atom is -0.285 e. The van der Waals surface area contributed by atoms with Crippen molar-refractivity contribution in [3.05, 3.63) is 42.4 Å². The molecule has 3 heterocycles. The highest BCUT2D eigenvalue weighted by Gasteiger charge is 2.27. The number of nitrogens with zero attached hydrogens (tertiary/aromatic N) is 3. The van der Waals surface area contributed by atoms with Gasteiger partial charge in [0.05, 0.1) is 29.1 Å². The lowest BCUT2D eigenvalue weighted by Gasteiger charge is -2.09. The minimum absolute atomic E-state index is 0.654. The first-order valence-corrected chi connectivity index (χ1v) is 7.16. The van der Waals surface area contributed by atoms with Crippen LogP contribution >= 0.6 is 0 Å². The first-order valence-electron chi connectivity index (χ1n) is 7.16. The molecule has 3 aromatic heterocycles. The van der Waals surface area contributed by atoms with Crippen molar-refractivity contribution in [3.63, 3.8) is 0 Å². The van der Waals surface area contributed by atoms with Gasteiger partial charge < -0.3 is 0 Å². The van der Waals surface area contributed by atoms with Crippen LogP contribution < -0.4 is 0 Å². The van der Waals surface area contributed by atoms with E-state index in [2.05, 4.69) is 32.5 Å². The molecule has 0 bridgehead atoms. The SMILES string of the molecule is c1n[nH]cc1-c1cc(C2CC2)c2c(ccc3[nH]ncc32)n1. The molecule has 0 amide bonds. The first kappa shape index (κ1) is 11.0. The molecule has 21 heavy (non-hydrogen) atoms. The fraction of sp³-hybridized carbons (Fsp3) is 0.188. The van der Waals surface area contributed by atoms with Crippen molar-refractivity contribution in [2.24, 2.45) is 0 Å². The molecule has 102 valence electrons. The predicted octanol–water partition coefficient (Wildman–Crippen LogP) is 3.38. The number of benzene rings is 1. The second kappa shape index (κ2) is 3.91. The minimum atomic E-state index is 0.654. The van der Waals surface area contributed by atoms with E-state index in [1.807, 2.05) is 24.7 Å². The van der Waals surface area contributed by atoms with E-state index in [9.17, 15) is 0 Å².